The molecule has 34 heavy (non-hydrogen) atoms. The average molecular weight is 470 g/mol. The van der Waals surface area contributed by atoms with Crippen molar-refractivity contribution in [1.82, 2.24) is 4.90 Å². The summed E-state index contributed by atoms with van der Waals surface area (Å²) >= 11 is 0. The van der Waals surface area contributed by atoms with Gasteiger partial charge < -0.3 is 9.47 Å². The minimum Gasteiger partial charge on any atom is -0.459 e. The number of carbonyl (C=O) groups is 2. The van der Waals surface area contributed by atoms with Crippen LogP contribution in [0, 0.1) is 0 Å². The number of hydrogen-bond donors (Lipinski definition) is 0. The molecule has 184 valence electrons. The number of esters is 1. The maximum Gasteiger partial charge on any atom is 0.410 e. The van der Waals surface area contributed by atoms with Crippen LogP contribution in [0.3, 0.4) is 0 Å². The number of benzene rings is 2. The quantitative estimate of drug-likeness (QED) is 0.535. The molecule has 0 atom stereocenters. The molecule has 0 saturated heterocycles. The topological polar surface area (TPSA) is 90.0 Å². The van der Waals surface area contributed by atoms with Crippen molar-refractivity contribution >= 4 is 18.2 Å². The molecule has 0 saturated carbocycles. The highest BCUT2D eigenvalue weighted by atomic mass is 16.6. The zero-order valence-corrected chi connectivity index (χ0v) is 20.9. The van der Waals surface area contributed by atoms with Crippen molar-refractivity contribution in [2.75, 3.05) is 13.1 Å². The summed E-state index contributed by atoms with van der Waals surface area (Å²) in [4.78, 5) is 42.7. The summed E-state index contributed by atoms with van der Waals surface area (Å²) in [5, 5.41) is 0. The van der Waals surface area contributed by atoms with Gasteiger partial charge in [-0.1, -0.05) is 75.4 Å². The Bertz CT molecular complexity index is 934. The van der Waals surface area contributed by atoms with E-state index in [1.807, 2.05) is 30.3 Å². The maximum absolute atomic E-state index is 12.7. The Morgan fingerprint density at radius 2 is 1.41 bits per heavy atom. The summed E-state index contributed by atoms with van der Waals surface area (Å²) in [6, 6.07) is 17.8. The monoisotopic (exact) mass is 469 g/mol. The summed E-state index contributed by atoms with van der Waals surface area (Å²) in [6.45, 7) is 12.3. The van der Waals surface area contributed by atoms with E-state index < -0.39 is 17.7 Å². The highest BCUT2D eigenvalue weighted by Crippen LogP contribution is 2.22. The van der Waals surface area contributed by atoms with Gasteiger partial charge in [-0.2, -0.15) is 9.59 Å². The van der Waals surface area contributed by atoms with E-state index in [1.165, 1.54) is 10.5 Å². The molecule has 2 aromatic carbocycles. The third-order valence-corrected chi connectivity index (χ3v) is 4.69. The first kappa shape index (κ1) is 28.6. The smallest absolute Gasteiger partial charge is 0.410 e. The first-order valence-corrected chi connectivity index (χ1v) is 11.1. The average Bonchev–Trinajstić information content (AvgIpc) is 2.74. The van der Waals surface area contributed by atoms with Gasteiger partial charge >= 0.3 is 18.2 Å². The molecular weight excluding hydrogens is 434 g/mol. The second-order valence-electron chi connectivity index (χ2n) is 9.83. The van der Waals surface area contributed by atoms with Gasteiger partial charge in [0.1, 0.15) is 18.8 Å². The molecule has 0 aliphatic heterocycles. The second kappa shape index (κ2) is 13.3. The highest BCUT2D eigenvalue weighted by molar-refractivity contribution is 5.78. The van der Waals surface area contributed by atoms with E-state index in [2.05, 4.69) is 45.0 Å². The summed E-state index contributed by atoms with van der Waals surface area (Å²) in [7, 11) is 0. The summed E-state index contributed by atoms with van der Waals surface area (Å²) in [5.41, 5.74) is 2.72. The van der Waals surface area contributed by atoms with Gasteiger partial charge in [-0.3, -0.25) is 9.69 Å². The standard InChI is InChI=1S/C26H35NO4.CO2/c1-25(2,3)22-14-12-20(13-15-22)16-17-27(18-23(28)31-26(4,5)6)24(29)30-19-21-10-8-7-9-11-21;2-1-3/h7-15H,16-19H2,1-6H3;. The van der Waals surface area contributed by atoms with Crippen molar-refractivity contribution in [2.24, 2.45) is 0 Å². The van der Waals surface area contributed by atoms with Crippen molar-refractivity contribution in [2.45, 2.75) is 65.6 Å². The number of ether oxygens (including phenoxy) is 2. The van der Waals surface area contributed by atoms with Crippen LogP contribution in [0.4, 0.5) is 4.79 Å². The Balaban J connectivity index is 0.00000182. The molecule has 0 aliphatic carbocycles. The van der Waals surface area contributed by atoms with Gasteiger partial charge in [0.15, 0.2) is 0 Å². The third-order valence-electron chi connectivity index (χ3n) is 4.69. The SMILES string of the molecule is CC(C)(C)OC(=O)CN(CCc1ccc(C(C)(C)C)cc1)C(=O)OCc1ccccc1.O=C=O. The lowest BCUT2D eigenvalue weighted by Gasteiger charge is -2.25. The predicted octanol–water partition coefficient (Wildman–Crippen LogP) is 4.92. The largest absolute Gasteiger partial charge is 0.459 e. The fourth-order valence-corrected chi connectivity index (χ4v) is 3.01. The lowest BCUT2D eigenvalue weighted by Crippen LogP contribution is -2.40. The van der Waals surface area contributed by atoms with Crippen molar-refractivity contribution in [3.05, 3.63) is 71.3 Å². The van der Waals surface area contributed by atoms with Gasteiger partial charge in [0.05, 0.1) is 0 Å². The number of carbonyl (C=O) groups excluding carboxylic acids is 4. The third kappa shape index (κ3) is 11.4. The Hall–Kier alpha value is -3.44. The lowest BCUT2D eigenvalue weighted by molar-refractivity contribution is -0.191. The summed E-state index contributed by atoms with van der Waals surface area (Å²) in [6.07, 6.45) is 0.342. The van der Waals surface area contributed by atoms with Gasteiger partial charge in [0.2, 0.25) is 0 Å². The zero-order chi connectivity index (χ0) is 25.8. The van der Waals surface area contributed by atoms with E-state index >= 15 is 0 Å². The minimum atomic E-state index is -0.612. The maximum atomic E-state index is 12.7. The molecule has 0 unspecified atom stereocenters. The molecule has 0 N–H and O–H groups in total. The second-order valence-corrected chi connectivity index (χ2v) is 9.83. The molecule has 0 radical (unpaired) electrons. The van der Waals surface area contributed by atoms with Crippen LogP contribution in [-0.2, 0) is 42.3 Å². The van der Waals surface area contributed by atoms with Crippen molar-refractivity contribution in [3.8, 4) is 0 Å². The van der Waals surface area contributed by atoms with Crippen LogP contribution < -0.4 is 0 Å². The zero-order valence-electron chi connectivity index (χ0n) is 20.9. The molecule has 0 aliphatic rings. The van der Waals surface area contributed by atoms with Gasteiger partial charge in [0, 0.05) is 6.54 Å². The fourth-order valence-electron chi connectivity index (χ4n) is 3.01. The Kier molecular flexibility index (Phi) is 11.2. The number of rotatable bonds is 7. The molecule has 1 amide bonds. The molecule has 0 bridgehead atoms. The highest BCUT2D eigenvalue weighted by Gasteiger charge is 2.23. The van der Waals surface area contributed by atoms with Crippen molar-refractivity contribution in [3.63, 3.8) is 0 Å². The van der Waals surface area contributed by atoms with E-state index in [4.69, 9.17) is 19.1 Å². The van der Waals surface area contributed by atoms with Crippen LogP contribution in [0.2, 0.25) is 0 Å². The van der Waals surface area contributed by atoms with E-state index in [0.29, 0.717) is 13.0 Å². The van der Waals surface area contributed by atoms with E-state index in [9.17, 15) is 9.59 Å². The molecule has 0 spiro atoms. The summed E-state index contributed by atoms with van der Waals surface area (Å²) in [5.74, 6) is -0.452. The minimum absolute atomic E-state index is 0.0858. The van der Waals surface area contributed by atoms with Gasteiger partial charge in [-0.15, -0.1) is 0 Å². The number of nitrogens with zero attached hydrogens (tertiary/aromatic N) is 1. The predicted molar refractivity (Wildman–Crippen MR) is 128 cm³/mol. The molecule has 2 rings (SSSR count). The normalized spacial score (nSPS) is 10.9. The van der Waals surface area contributed by atoms with Crippen LogP contribution in [0.15, 0.2) is 54.6 Å². The van der Waals surface area contributed by atoms with E-state index in [-0.39, 0.29) is 24.7 Å². The van der Waals surface area contributed by atoms with Crippen molar-refractivity contribution < 1.29 is 28.7 Å². The molecule has 7 nitrogen and oxygen atoms in total. The van der Waals surface area contributed by atoms with Crippen LogP contribution >= 0.6 is 0 Å². The first-order chi connectivity index (χ1) is 15.9. The lowest BCUT2D eigenvalue weighted by atomic mass is 9.86. The Labute approximate surface area is 202 Å². The van der Waals surface area contributed by atoms with Gasteiger partial charge in [-0.05, 0) is 49.3 Å². The Morgan fingerprint density at radius 1 is 0.853 bits per heavy atom. The van der Waals surface area contributed by atoms with Crippen LogP contribution in [-0.4, -0.2) is 41.8 Å². The fraction of sp³-hybridized carbons (Fsp3) is 0.444. The number of amides is 1. The van der Waals surface area contributed by atoms with Gasteiger partial charge in [0.25, 0.3) is 0 Å². The molecule has 0 heterocycles. The Morgan fingerprint density at radius 3 is 1.91 bits per heavy atom. The first-order valence-electron chi connectivity index (χ1n) is 11.1. The van der Waals surface area contributed by atoms with Crippen LogP contribution in [0.25, 0.3) is 0 Å². The van der Waals surface area contributed by atoms with E-state index in [0.717, 1.165) is 11.1 Å². The van der Waals surface area contributed by atoms with Crippen molar-refractivity contribution in [1.29, 1.82) is 0 Å². The molecular formula is C27H35NO6. The van der Waals surface area contributed by atoms with Crippen LogP contribution in [0.5, 0.6) is 0 Å². The molecule has 7 heteroatoms. The van der Waals surface area contributed by atoms with Gasteiger partial charge in [-0.25, -0.2) is 4.79 Å². The molecule has 0 fully saturated rings. The molecule has 0 aromatic heterocycles. The molecule has 2 aromatic rings. The van der Waals surface area contributed by atoms with E-state index in [1.54, 1.807) is 20.8 Å². The summed E-state index contributed by atoms with van der Waals surface area (Å²) < 4.78 is 10.9. The number of hydrogen-bond acceptors (Lipinski definition) is 6. The van der Waals surface area contributed by atoms with Crippen LogP contribution in [0.1, 0.15) is 58.2 Å².